The highest BCUT2D eigenvalue weighted by Gasteiger charge is 2.21. The van der Waals surface area contributed by atoms with Crippen molar-refractivity contribution in [2.45, 2.75) is 31.2 Å². The molecule has 0 aliphatic carbocycles. The average Bonchev–Trinajstić information content (AvgIpc) is 2.23. The molecule has 1 aromatic carbocycles. The Morgan fingerprint density at radius 1 is 1.33 bits per heavy atom. The Bertz CT molecular complexity index is 575. The molecule has 5 heteroatoms. The van der Waals surface area contributed by atoms with Gasteiger partial charge in [-0.25, -0.2) is 13.1 Å². The Morgan fingerprint density at radius 3 is 2.56 bits per heavy atom. The lowest BCUT2D eigenvalue weighted by molar-refractivity contribution is 0.491. The van der Waals surface area contributed by atoms with E-state index in [2.05, 4.69) is 16.6 Å². The Kier molecular flexibility index (Phi) is 4.52. The highest BCUT2D eigenvalue weighted by Crippen LogP contribution is 2.14. The lowest BCUT2D eigenvalue weighted by atomic mass is 10.1. The van der Waals surface area contributed by atoms with Gasteiger partial charge in [0.15, 0.2) is 0 Å². The van der Waals surface area contributed by atoms with Gasteiger partial charge in [0.2, 0.25) is 10.0 Å². The summed E-state index contributed by atoms with van der Waals surface area (Å²) >= 11 is 0. The molecule has 1 rings (SSSR count). The molecular formula is C13H18N2O2S. The van der Waals surface area contributed by atoms with Gasteiger partial charge < -0.3 is 5.73 Å². The van der Waals surface area contributed by atoms with E-state index in [0.717, 1.165) is 0 Å². The predicted molar refractivity (Wildman–Crippen MR) is 72.4 cm³/mol. The fourth-order valence-electron chi connectivity index (χ4n) is 1.36. The molecule has 98 valence electrons. The van der Waals surface area contributed by atoms with Crippen LogP contribution in [-0.2, 0) is 10.0 Å². The van der Waals surface area contributed by atoms with Crippen LogP contribution in [0.4, 0.5) is 0 Å². The summed E-state index contributed by atoms with van der Waals surface area (Å²) in [6, 6.07) is 6.49. The normalized spacial score (nSPS) is 11.8. The summed E-state index contributed by atoms with van der Waals surface area (Å²) in [7, 11) is -3.51. The zero-order valence-corrected chi connectivity index (χ0v) is 11.6. The molecule has 0 saturated carbocycles. The maximum atomic E-state index is 12.1. The molecule has 0 aliphatic rings. The number of benzene rings is 1. The van der Waals surface area contributed by atoms with Gasteiger partial charge in [0.05, 0.1) is 11.4 Å². The van der Waals surface area contributed by atoms with Crippen molar-refractivity contribution in [1.82, 2.24) is 4.72 Å². The predicted octanol–water partition coefficient (Wildman–Crippen LogP) is 1.07. The first-order valence-electron chi connectivity index (χ1n) is 5.57. The molecule has 0 radical (unpaired) electrons. The average molecular weight is 266 g/mol. The van der Waals surface area contributed by atoms with E-state index < -0.39 is 15.6 Å². The molecule has 3 N–H and O–H groups in total. The number of rotatable bonds is 2. The lowest BCUT2D eigenvalue weighted by Crippen LogP contribution is -2.40. The molecular weight excluding hydrogens is 248 g/mol. The molecule has 4 nitrogen and oxygen atoms in total. The Morgan fingerprint density at radius 2 is 2.00 bits per heavy atom. The molecule has 0 unspecified atom stereocenters. The number of nitrogens with one attached hydrogen (secondary N) is 1. The first-order chi connectivity index (χ1) is 8.24. The zero-order valence-electron chi connectivity index (χ0n) is 10.8. The molecule has 0 atom stereocenters. The summed E-state index contributed by atoms with van der Waals surface area (Å²) < 4.78 is 26.8. The van der Waals surface area contributed by atoms with Crippen LogP contribution in [0.25, 0.3) is 0 Å². The maximum Gasteiger partial charge on any atom is 0.241 e. The summed E-state index contributed by atoms with van der Waals surface area (Å²) in [4.78, 5) is 0.209. The van der Waals surface area contributed by atoms with Crippen molar-refractivity contribution in [2.75, 3.05) is 6.54 Å². The summed E-state index contributed by atoms with van der Waals surface area (Å²) in [5.41, 5.74) is 5.40. The summed E-state index contributed by atoms with van der Waals surface area (Å²) in [5.74, 6) is 5.51. The van der Waals surface area contributed by atoms with Crippen molar-refractivity contribution in [3.8, 4) is 11.8 Å². The Hall–Kier alpha value is -1.35. The fraction of sp³-hybridized carbons (Fsp3) is 0.385. The topological polar surface area (TPSA) is 72.2 Å². The fourth-order valence-corrected chi connectivity index (χ4v) is 2.82. The first-order valence-corrected chi connectivity index (χ1v) is 7.06. The second kappa shape index (κ2) is 5.53. The van der Waals surface area contributed by atoms with Crippen LogP contribution in [-0.4, -0.2) is 20.5 Å². The lowest BCUT2D eigenvalue weighted by Gasteiger charge is -2.20. The van der Waals surface area contributed by atoms with E-state index in [-0.39, 0.29) is 11.4 Å². The summed E-state index contributed by atoms with van der Waals surface area (Å²) in [6.45, 7) is 5.63. The molecule has 0 heterocycles. The minimum atomic E-state index is -3.51. The van der Waals surface area contributed by atoms with Gasteiger partial charge in [-0.1, -0.05) is 17.9 Å². The molecule has 0 amide bonds. The van der Waals surface area contributed by atoms with Gasteiger partial charge in [0.1, 0.15) is 0 Å². The van der Waals surface area contributed by atoms with E-state index >= 15 is 0 Å². The maximum absolute atomic E-state index is 12.1. The van der Waals surface area contributed by atoms with E-state index in [1.54, 1.807) is 39.0 Å². The van der Waals surface area contributed by atoms with E-state index in [4.69, 9.17) is 5.73 Å². The van der Waals surface area contributed by atoms with Crippen molar-refractivity contribution in [1.29, 1.82) is 0 Å². The van der Waals surface area contributed by atoms with Crippen molar-refractivity contribution in [3.63, 3.8) is 0 Å². The van der Waals surface area contributed by atoms with Gasteiger partial charge in [-0.3, -0.25) is 0 Å². The first kappa shape index (κ1) is 14.7. The summed E-state index contributed by atoms with van der Waals surface area (Å²) in [5, 5.41) is 0. The van der Waals surface area contributed by atoms with E-state index in [1.165, 1.54) is 6.07 Å². The van der Waals surface area contributed by atoms with Crippen molar-refractivity contribution < 1.29 is 8.42 Å². The van der Waals surface area contributed by atoms with Crippen LogP contribution < -0.4 is 10.5 Å². The molecule has 18 heavy (non-hydrogen) atoms. The SMILES string of the molecule is CC(C)(C)NS(=O)(=O)c1cccc(C#CCN)c1. The molecule has 0 aromatic heterocycles. The quantitative estimate of drug-likeness (QED) is 0.787. The number of nitrogens with two attached hydrogens (primary N) is 1. The number of hydrogen-bond acceptors (Lipinski definition) is 3. The van der Waals surface area contributed by atoms with Crippen LogP contribution in [0.2, 0.25) is 0 Å². The highest BCUT2D eigenvalue weighted by molar-refractivity contribution is 7.89. The molecule has 0 spiro atoms. The van der Waals surface area contributed by atoms with E-state index in [9.17, 15) is 8.42 Å². The number of hydrogen-bond donors (Lipinski definition) is 2. The van der Waals surface area contributed by atoms with E-state index in [1.807, 2.05) is 0 Å². The molecule has 0 saturated heterocycles. The Labute approximate surface area is 109 Å². The van der Waals surface area contributed by atoms with Gasteiger partial charge in [0, 0.05) is 11.1 Å². The van der Waals surface area contributed by atoms with E-state index in [0.29, 0.717) is 5.56 Å². The van der Waals surface area contributed by atoms with Crippen LogP contribution in [0, 0.1) is 11.8 Å². The third-order valence-corrected chi connectivity index (χ3v) is 3.68. The standard InChI is InChI=1S/C13H18N2O2S/c1-13(2,3)15-18(16,17)12-8-4-6-11(10-12)7-5-9-14/h4,6,8,10,15H,9,14H2,1-3H3. The monoisotopic (exact) mass is 266 g/mol. The molecule has 1 aromatic rings. The molecule has 0 bridgehead atoms. The highest BCUT2D eigenvalue weighted by atomic mass is 32.2. The van der Waals surface area contributed by atoms with Crippen LogP contribution >= 0.6 is 0 Å². The van der Waals surface area contributed by atoms with Crippen LogP contribution in [0.1, 0.15) is 26.3 Å². The van der Waals surface area contributed by atoms with Crippen molar-refractivity contribution in [2.24, 2.45) is 5.73 Å². The minimum absolute atomic E-state index is 0.209. The van der Waals surface area contributed by atoms with Gasteiger partial charge in [-0.05, 0) is 39.0 Å². The number of sulfonamides is 1. The smallest absolute Gasteiger partial charge is 0.241 e. The second-order valence-electron chi connectivity index (χ2n) is 4.89. The van der Waals surface area contributed by atoms with Crippen LogP contribution in [0.5, 0.6) is 0 Å². The minimum Gasteiger partial charge on any atom is -0.320 e. The van der Waals surface area contributed by atoms with Crippen LogP contribution in [0.3, 0.4) is 0 Å². The van der Waals surface area contributed by atoms with Crippen molar-refractivity contribution in [3.05, 3.63) is 29.8 Å². The van der Waals surface area contributed by atoms with Gasteiger partial charge in [-0.15, -0.1) is 0 Å². The van der Waals surface area contributed by atoms with Gasteiger partial charge in [0.25, 0.3) is 0 Å². The van der Waals surface area contributed by atoms with Crippen LogP contribution in [0.15, 0.2) is 29.2 Å². The van der Waals surface area contributed by atoms with Gasteiger partial charge in [-0.2, -0.15) is 0 Å². The van der Waals surface area contributed by atoms with Crippen molar-refractivity contribution >= 4 is 10.0 Å². The zero-order chi connectivity index (χ0) is 13.8. The molecule has 0 aliphatic heterocycles. The third-order valence-electron chi connectivity index (χ3n) is 1.92. The Balaban J connectivity index is 3.10. The third kappa shape index (κ3) is 4.49. The largest absolute Gasteiger partial charge is 0.320 e. The summed E-state index contributed by atoms with van der Waals surface area (Å²) in [6.07, 6.45) is 0. The second-order valence-corrected chi connectivity index (χ2v) is 6.57. The van der Waals surface area contributed by atoms with Gasteiger partial charge >= 0.3 is 0 Å². The molecule has 0 fully saturated rings.